The van der Waals surface area contributed by atoms with E-state index < -0.39 is 0 Å². The Morgan fingerprint density at radius 3 is 2.19 bits per heavy atom. The van der Waals surface area contributed by atoms with Crippen molar-refractivity contribution < 1.29 is 9.90 Å². The minimum absolute atomic E-state index is 0.0121. The van der Waals surface area contributed by atoms with Crippen molar-refractivity contribution >= 4 is 11.6 Å². The molecule has 0 aliphatic heterocycles. The molecular formula is C12H20N2O2. The number of aromatic hydroxyl groups is 1. The maximum Gasteiger partial charge on any atom is 0.241 e. The fourth-order valence-electron chi connectivity index (χ4n) is 0.915. The van der Waals surface area contributed by atoms with Crippen molar-refractivity contribution in [2.75, 3.05) is 26.0 Å². The molecule has 0 spiro atoms. The molecule has 16 heavy (non-hydrogen) atoms. The molecule has 1 rings (SSSR count). The lowest BCUT2D eigenvalue weighted by molar-refractivity contribution is -0.126. The van der Waals surface area contributed by atoms with Crippen LogP contribution in [0, 0.1) is 0 Å². The fourth-order valence-corrected chi connectivity index (χ4v) is 0.915. The van der Waals surface area contributed by atoms with Crippen LogP contribution in [0.5, 0.6) is 5.75 Å². The smallest absolute Gasteiger partial charge is 0.241 e. The molecule has 1 amide bonds. The highest BCUT2D eigenvalue weighted by Gasteiger charge is 2.02. The summed E-state index contributed by atoms with van der Waals surface area (Å²) in [6, 6.07) is 6.58. The van der Waals surface area contributed by atoms with E-state index >= 15 is 0 Å². The molecule has 4 heteroatoms. The molecule has 0 atom stereocenters. The summed E-state index contributed by atoms with van der Waals surface area (Å²) in [5, 5.41) is 12.0. The van der Waals surface area contributed by atoms with Gasteiger partial charge in [0.1, 0.15) is 5.75 Å². The Morgan fingerprint density at radius 2 is 1.75 bits per heavy atom. The van der Waals surface area contributed by atoms with Gasteiger partial charge in [-0.05, 0) is 24.3 Å². The first-order chi connectivity index (χ1) is 7.59. The van der Waals surface area contributed by atoms with Gasteiger partial charge in [0.15, 0.2) is 0 Å². The maximum atomic E-state index is 11.2. The van der Waals surface area contributed by atoms with E-state index in [1.807, 2.05) is 13.8 Å². The zero-order chi connectivity index (χ0) is 12.6. The molecule has 4 nitrogen and oxygen atoms in total. The number of hydrogen-bond donors (Lipinski definition) is 2. The van der Waals surface area contributed by atoms with Crippen LogP contribution in [-0.2, 0) is 4.79 Å². The van der Waals surface area contributed by atoms with Crippen LogP contribution in [0.25, 0.3) is 0 Å². The Bertz CT molecular complexity index is 307. The minimum atomic E-state index is 0.0121. The van der Waals surface area contributed by atoms with Gasteiger partial charge in [0.05, 0.1) is 6.54 Å². The number of benzene rings is 1. The van der Waals surface area contributed by atoms with Crippen molar-refractivity contribution in [2.24, 2.45) is 0 Å². The molecule has 0 saturated heterocycles. The largest absolute Gasteiger partial charge is 0.508 e. The molecule has 0 saturated carbocycles. The molecule has 0 aromatic heterocycles. The molecule has 0 aliphatic carbocycles. The summed E-state index contributed by atoms with van der Waals surface area (Å²) in [6.45, 7) is 4.26. The highest BCUT2D eigenvalue weighted by atomic mass is 16.3. The number of nitrogens with zero attached hydrogens (tertiary/aromatic N) is 1. The second-order valence-electron chi connectivity index (χ2n) is 3.19. The van der Waals surface area contributed by atoms with Crippen molar-refractivity contribution in [1.29, 1.82) is 0 Å². The van der Waals surface area contributed by atoms with Crippen LogP contribution in [0.4, 0.5) is 5.69 Å². The number of anilines is 1. The van der Waals surface area contributed by atoms with Gasteiger partial charge in [-0.25, -0.2) is 0 Å². The summed E-state index contributed by atoms with van der Waals surface area (Å²) in [5.41, 5.74) is 0.818. The van der Waals surface area contributed by atoms with Gasteiger partial charge in [-0.15, -0.1) is 0 Å². The lowest BCUT2D eigenvalue weighted by Gasteiger charge is -2.11. The number of rotatable bonds is 3. The van der Waals surface area contributed by atoms with Gasteiger partial charge >= 0.3 is 0 Å². The summed E-state index contributed by atoms with van der Waals surface area (Å²) < 4.78 is 0. The Kier molecular flexibility index (Phi) is 6.76. The van der Waals surface area contributed by atoms with Crippen LogP contribution in [0.3, 0.4) is 0 Å². The quantitative estimate of drug-likeness (QED) is 0.771. The number of amides is 1. The van der Waals surface area contributed by atoms with Gasteiger partial charge < -0.3 is 15.3 Å². The summed E-state index contributed by atoms with van der Waals surface area (Å²) in [4.78, 5) is 12.7. The van der Waals surface area contributed by atoms with E-state index in [0.717, 1.165) is 5.69 Å². The van der Waals surface area contributed by atoms with E-state index in [1.165, 1.54) is 4.90 Å². The fraction of sp³-hybridized carbons (Fsp3) is 0.417. The normalized spacial score (nSPS) is 8.75. The van der Waals surface area contributed by atoms with Gasteiger partial charge in [0.25, 0.3) is 0 Å². The molecule has 0 fully saturated rings. The Labute approximate surface area is 96.9 Å². The maximum absolute atomic E-state index is 11.2. The number of likely N-dealkylation sites (N-methyl/N-ethyl adjacent to an activating group) is 1. The van der Waals surface area contributed by atoms with Crippen LogP contribution < -0.4 is 5.32 Å². The van der Waals surface area contributed by atoms with Gasteiger partial charge in [0.2, 0.25) is 5.91 Å². The summed E-state index contributed by atoms with van der Waals surface area (Å²) in [5.74, 6) is 0.229. The molecule has 1 aromatic rings. The standard InChI is InChI=1S/C10H14N2O2.C2H6/c1-12(2)10(14)7-11-8-3-5-9(13)6-4-8;1-2/h3-6,11,13H,7H2,1-2H3;1-2H3. The van der Waals surface area contributed by atoms with Crippen molar-refractivity contribution in [3.8, 4) is 5.75 Å². The zero-order valence-electron chi connectivity index (χ0n) is 10.3. The van der Waals surface area contributed by atoms with E-state index in [1.54, 1.807) is 38.4 Å². The topological polar surface area (TPSA) is 52.6 Å². The van der Waals surface area contributed by atoms with Crippen LogP contribution in [-0.4, -0.2) is 36.6 Å². The highest BCUT2D eigenvalue weighted by Crippen LogP contribution is 2.13. The number of carbonyl (C=O) groups excluding carboxylic acids is 1. The number of hydrogen-bond acceptors (Lipinski definition) is 3. The monoisotopic (exact) mass is 224 g/mol. The first-order valence-corrected chi connectivity index (χ1v) is 5.32. The van der Waals surface area contributed by atoms with Crippen LogP contribution in [0.1, 0.15) is 13.8 Å². The first-order valence-electron chi connectivity index (χ1n) is 5.32. The number of carbonyl (C=O) groups is 1. The minimum Gasteiger partial charge on any atom is -0.508 e. The van der Waals surface area contributed by atoms with Crippen molar-refractivity contribution in [2.45, 2.75) is 13.8 Å². The second kappa shape index (κ2) is 7.56. The average Bonchev–Trinajstić information content (AvgIpc) is 2.30. The van der Waals surface area contributed by atoms with E-state index in [4.69, 9.17) is 5.11 Å². The van der Waals surface area contributed by atoms with Crippen LogP contribution in [0.2, 0.25) is 0 Å². The van der Waals surface area contributed by atoms with Crippen LogP contribution in [0.15, 0.2) is 24.3 Å². The summed E-state index contributed by atoms with van der Waals surface area (Å²) in [6.07, 6.45) is 0. The number of nitrogens with one attached hydrogen (secondary N) is 1. The molecule has 1 aromatic carbocycles. The van der Waals surface area contributed by atoms with Gasteiger partial charge in [-0.2, -0.15) is 0 Å². The molecule has 0 heterocycles. The zero-order valence-corrected chi connectivity index (χ0v) is 10.3. The predicted octanol–water partition coefficient (Wildman–Crippen LogP) is 1.92. The second-order valence-corrected chi connectivity index (χ2v) is 3.19. The number of phenols is 1. The molecule has 0 radical (unpaired) electrons. The SMILES string of the molecule is CC.CN(C)C(=O)CNc1ccc(O)cc1. The third-order valence-electron chi connectivity index (χ3n) is 1.81. The van der Waals surface area contributed by atoms with Crippen molar-refractivity contribution in [1.82, 2.24) is 4.90 Å². The molecule has 0 bridgehead atoms. The lowest BCUT2D eigenvalue weighted by atomic mass is 10.3. The molecule has 0 aliphatic rings. The first kappa shape index (κ1) is 14.3. The van der Waals surface area contributed by atoms with Gasteiger partial charge in [0, 0.05) is 19.8 Å². The Morgan fingerprint density at radius 1 is 1.25 bits per heavy atom. The average molecular weight is 224 g/mol. The van der Waals surface area contributed by atoms with E-state index in [2.05, 4.69) is 5.32 Å². The Balaban J connectivity index is 0.00000106. The van der Waals surface area contributed by atoms with Crippen molar-refractivity contribution in [3.63, 3.8) is 0 Å². The lowest BCUT2D eigenvalue weighted by Crippen LogP contribution is -2.28. The van der Waals surface area contributed by atoms with E-state index in [9.17, 15) is 4.79 Å². The number of phenolic OH excluding ortho intramolecular Hbond substituents is 1. The third kappa shape index (κ3) is 5.24. The van der Waals surface area contributed by atoms with Gasteiger partial charge in [-0.1, -0.05) is 13.8 Å². The van der Waals surface area contributed by atoms with Crippen molar-refractivity contribution in [3.05, 3.63) is 24.3 Å². The predicted molar refractivity (Wildman–Crippen MR) is 66.6 cm³/mol. The Hall–Kier alpha value is -1.71. The van der Waals surface area contributed by atoms with E-state index in [0.29, 0.717) is 0 Å². The third-order valence-corrected chi connectivity index (χ3v) is 1.81. The van der Waals surface area contributed by atoms with Gasteiger partial charge in [-0.3, -0.25) is 4.79 Å². The molecule has 2 N–H and O–H groups in total. The van der Waals surface area contributed by atoms with E-state index in [-0.39, 0.29) is 18.2 Å². The highest BCUT2D eigenvalue weighted by molar-refractivity contribution is 5.80. The van der Waals surface area contributed by atoms with Crippen LogP contribution >= 0.6 is 0 Å². The molecule has 0 unspecified atom stereocenters. The molecule has 90 valence electrons. The molecular weight excluding hydrogens is 204 g/mol. The summed E-state index contributed by atoms with van der Waals surface area (Å²) >= 11 is 0. The summed E-state index contributed by atoms with van der Waals surface area (Å²) in [7, 11) is 3.42.